The topological polar surface area (TPSA) is 29.3 Å². The van der Waals surface area contributed by atoms with Gasteiger partial charge in [-0.1, -0.05) is 0 Å². The van der Waals surface area contributed by atoms with E-state index >= 15 is 0 Å². The summed E-state index contributed by atoms with van der Waals surface area (Å²) in [5.41, 5.74) is 6.18. The SMILES string of the molecule is CN(C)c1ccc(C(F)(F)F)cc1C1(N)CC1. The predicted octanol–water partition coefficient (Wildman–Crippen LogP) is 2.72. The lowest BCUT2D eigenvalue weighted by molar-refractivity contribution is -0.137. The summed E-state index contributed by atoms with van der Waals surface area (Å²) in [4.78, 5) is 1.79. The van der Waals surface area contributed by atoms with Gasteiger partial charge in [0.15, 0.2) is 0 Å². The lowest BCUT2D eigenvalue weighted by atomic mass is 9.99. The Balaban J connectivity index is 2.51. The first-order valence-corrected chi connectivity index (χ1v) is 5.42. The summed E-state index contributed by atoms with van der Waals surface area (Å²) in [7, 11) is 3.61. The Morgan fingerprint density at radius 2 is 1.82 bits per heavy atom. The molecule has 0 amide bonds. The minimum absolute atomic E-state index is 0.569. The molecule has 94 valence electrons. The highest BCUT2D eigenvalue weighted by Gasteiger charge is 2.43. The molecule has 0 unspecified atom stereocenters. The van der Waals surface area contributed by atoms with Crippen LogP contribution in [0.5, 0.6) is 0 Å². The number of halogens is 3. The van der Waals surface area contributed by atoms with Gasteiger partial charge in [0.25, 0.3) is 0 Å². The molecular weight excluding hydrogens is 229 g/mol. The molecule has 0 bridgehead atoms. The van der Waals surface area contributed by atoms with Gasteiger partial charge in [-0.2, -0.15) is 13.2 Å². The third-order valence-corrected chi connectivity index (χ3v) is 3.13. The van der Waals surface area contributed by atoms with Crippen molar-refractivity contribution < 1.29 is 13.2 Å². The minimum Gasteiger partial charge on any atom is -0.377 e. The first kappa shape index (κ1) is 12.2. The zero-order valence-electron chi connectivity index (χ0n) is 9.80. The van der Waals surface area contributed by atoms with E-state index in [1.807, 2.05) is 0 Å². The summed E-state index contributed by atoms with van der Waals surface area (Å²) in [6.45, 7) is 0. The normalized spacial score (nSPS) is 18.0. The van der Waals surface area contributed by atoms with E-state index < -0.39 is 17.3 Å². The van der Waals surface area contributed by atoms with E-state index in [9.17, 15) is 13.2 Å². The second-order valence-electron chi connectivity index (χ2n) is 4.78. The molecule has 0 radical (unpaired) electrons. The van der Waals surface area contributed by atoms with Gasteiger partial charge in [0, 0.05) is 25.3 Å². The van der Waals surface area contributed by atoms with Crippen LogP contribution in [0.4, 0.5) is 18.9 Å². The first-order valence-electron chi connectivity index (χ1n) is 5.42. The largest absolute Gasteiger partial charge is 0.416 e. The van der Waals surface area contributed by atoms with Crippen molar-refractivity contribution in [1.29, 1.82) is 0 Å². The number of rotatable bonds is 2. The Hall–Kier alpha value is -1.23. The average molecular weight is 244 g/mol. The molecule has 2 N–H and O–H groups in total. The van der Waals surface area contributed by atoms with Crippen molar-refractivity contribution in [3.63, 3.8) is 0 Å². The Bertz CT molecular complexity index is 434. The van der Waals surface area contributed by atoms with E-state index in [0.717, 1.165) is 24.6 Å². The van der Waals surface area contributed by atoms with Crippen LogP contribution in [0.15, 0.2) is 18.2 Å². The molecule has 2 rings (SSSR count). The summed E-state index contributed by atoms with van der Waals surface area (Å²) in [6, 6.07) is 3.78. The molecule has 1 saturated carbocycles. The quantitative estimate of drug-likeness (QED) is 0.866. The maximum atomic E-state index is 12.7. The third-order valence-electron chi connectivity index (χ3n) is 3.13. The summed E-state index contributed by atoms with van der Waals surface area (Å²) >= 11 is 0. The zero-order chi connectivity index (χ0) is 12.8. The number of benzene rings is 1. The Kier molecular flexibility index (Phi) is 2.61. The average Bonchev–Trinajstić information content (AvgIpc) is 2.95. The van der Waals surface area contributed by atoms with Gasteiger partial charge in [0.1, 0.15) is 0 Å². The first-order chi connectivity index (χ1) is 7.74. The van der Waals surface area contributed by atoms with Crippen molar-refractivity contribution in [3.05, 3.63) is 29.3 Å². The molecule has 0 aliphatic heterocycles. The number of hydrogen-bond donors (Lipinski definition) is 1. The summed E-state index contributed by atoms with van der Waals surface area (Å²) in [6.07, 6.45) is -2.82. The number of nitrogens with zero attached hydrogens (tertiary/aromatic N) is 1. The van der Waals surface area contributed by atoms with Gasteiger partial charge in [0.05, 0.1) is 5.56 Å². The molecule has 5 heteroatoms. The van der Waals surface area contributed by atoms with E-state index in [4.69, 9.17) is 5.73 Å². The lowest BCUT2D eigenvalue weighted by Gasteiger charge is -2.22. The smallest absolute Gasteiger partial charge is 0.377 e. The van der Waals surface area contributed by atoms with Gasteiger partial charge in [-0.15, -0.1) is 0 Å². The van der Waals surface area contributed by atoms with E-state index in [-0.39, 0.29) is 0 Å². The van der Waals surface area contributed by atoms with Gasteiger partial charge in [-0.3, -0.25) is 0 Å². The van der Waals surface area contributed by atoms with E-state index in [1.165, 1.54) is 12.1 Å². The molecule has 1 aromatic rings. The van der Waals surface area contributed by atoms with Crippen LogP contribution < -0.4 is 10.6 Å². The molecule has 0 aromatic heterocycles. The van der Waals surface area contributed by atoms with Gasteiger partial charge >= 0.3 is 6.18 Å². The number of alkyl halides is 3. The van der Waals surface area contributed by atoms with Crippen LogP contribution in [0.3, 0.4) is 0 Å². The molecule has 17 heavy (non-hydrogen) atoms. The number of anilines is 1. The number of hydrogen-bond acceptors (Lipinski definition) is 2. The molecule has 0 atom stereocenters. The second-order valence-corrected chi connectivity index (χ2v) is 4.78. The molecule has 1 aliphatic carbocycles. The molecule has 1 aliphatic rings. The van der Waals surface area contributed by atoms with E-state index in [0.29, 0.717) is 5.56 Å². The van der Waals surface area contributed by atoms with E-state index in [1.54, 1.807) is 19.0 Å². The maximum Gasteiger partial charge on any atom is 0.416 e. The molecule has 0 spiro atoms. The summed E-state index contributed by atoms with van der Waals surface area (Å²) < 4.78 is 38.0. The number of nitrogens with two attached hydrogens (primary N) is 1. The fraction of sp³-hybridized carbons (Fsp3) is 0.500. The highest BCUT2D eigenvalue weighted by molar-refractivity contribution is 5.58. The van der Waals surface area contributed by atoms with Gasteiger partial charge in [0.2, 0.25) is 0 Å². The highest BCUT2D eigenvalue weighted by Crippen LogP contribution is 2.47. The van der Waals surface area contributed by atoms with Crippen LogP contribution >= 0.6 is 0 Å². The third kappa shape index (κ3) is 2.24. The molecule has 2 nitrogen and oxygen atoms in total. The van der Waals surface area contributed by atoms with Crippen LogP contribution in [-0.4, -0.2) is 14.1 Å². The predicted molar refractivity (Wildman–Crippen MR) is 60.9 cm³/mol. The van der Waals surface area contributed by atoms with Crippen molar-refractivity contribution in [2.45, 2.75) is 24.6 Å². The summed E-state index contributed by atoms with van der Waals surface area (Å²) in [5, 5.41) is 0. The minimum atomic E-state index is -4.31. The Morgan fingerprint density at radius 3 is 2.24 bits per heavy atom. The van der Waals surface area contributed by atoms with Crippen molar-refractivity contribution >= 4 is 5.69 Å². The molecule has 1 aromatic carbocycles. The van der Waals surface area contributed by atoms with Crippen molar-refractivity contribution in [1.82, 2.24) is 0 Å². The lowest BCUT2D eigenvalue weighted by Crippen LogP contribution is -2.24. The van der Waals surface area contributed by atoms with Crippen LogP contribution in [0.25, 0.3) is 0 Å². The van der Waals surface area contributed by atoms with Crippen LogP contribution in [-0.2, 0) is 11.7 Å². The molecule has 0 heterocycles. The van der Waals surface area contributed by atoms with Gasteiger partial charge in [-0.05, 0) is 36.6 Å². The molecule has 1 fully saturated rings. The standard InChI is InChI=1S/C12H15F3N2/c1-17(2)10-4-3-8(12(13,14)15)7-9(10)11(16)5-6-11/h3-4,7H,5-6,16H2,1-2H3. The molecular formula is C12H15F3N2. The fourth-order valence-electron chi connectivity index (χ4n) is 1.91. The molecule has 0 saturated heterocycles. The maximum absolute atomic E-state index is 12.7. The Morgan fingerprint density at radius 1 is 1.24 bits per heavy atom. The Labute approximate surface area is 98.2 Å². The van der Waals surface area contributed by atoms with Crippen LogP contribution in [0, 0.1) is 0 Å². The van der Waals surface area contributed by atoms with Crippen molar-refractivity contribution in [2.24, 2.45) is 5.73 Å². The van der Waals surface area contributed by atoms with Crippen molar-refractivity contribution in [2.75, 3.05) is 19.0 Å². The monoisotopic (exact) mass is 244 g/mol. The fourth-order valence-corrected chi connectivity index (χ4v) is 1.91. The van der Waals surface area contributed by atoms with Crippen molar-refractivity contribution in [3.8, 4) is 0 Å². The summed E-state index contributed by atoms with van der Waals surface area (Å²) in [5.74, 6) is 0. The van der Waals surface area contributed by atoms with Gasteiger partial charge < -0.3 is 10.6 Å². The zero-order valence-corrected chi connectivity index (χ0v) is 9.80. The van der Waals surface area contributed by atoms with Gasteiger partial charge in [-0.25, -0.2) is 0 Å². The second kappa shape index (κ2) is 3.63. The van der Waals surface area contributed by atoms with Crippen LogP contribution in [0.2, 0.25) is 0 Å². The van der Waals surface area contributed by atoms with E-state index in [2.05, 4.69) is 0 Å². The van der Waals surface area contributed by atoms with Crippen LogP contribution in [0.1, 0.15) is 24.0 Å². The highest BCUT2D eigenvalue weighted by atomic mass is 19.4.